The summed E-state index contributed by atoms with van der Waals surface area (Å²) in [6, 6.07) is 6.62. The number of benzene rings is 1. The maximum absolute atomic E-state index is 5.92. The van der Waals surface area contributed by atoms with Gasteiger partial charge < -0.3 is 10.6 Å². The van der Waals surface area contributed by atoms with Crippen molar-refractivity contribution < 1.29 is 0 Å². The summed E-state index contributed by atoms with van der Waals surface area (Å²) < 4.78 is 1.17. The van der Waals surface area contributed by atoms with Gasteiger partial charge in [0.1, 0.15) is 0 Å². The number of hydrogen-bond donors (Lipinski definition) is 1. The summed E-state index contributed by atoms with van der Waals surface area (Å²) in [6.07, 6.45) is 3.94. The lowest BCUT2D eigenvalue weighted by Gasteiger charge is -2.24. The molecule has 0 saturated carbocycles. The summed E-state index contributed by atoms with van der Waals surface area (Å²) in [7, 11) is 0. The van der Waals surface area contributed by atoms with Crippen molar-refractivity contribution in [1.29, 1.82) is 0 Å². The fraction of sp³-hybridized carbons (Fsp3) is 0.600. The van der Waals surface area contributed by atoms with E-state index in [4.69, 9.17) is 5.73 Å². The maximum atomic E-state index is 5.92. The van der Waals surface area contributed by atoms with Crippen LogP contribution < -0.4 is 10.6 Å². The highest BCUT2D eigenvalue weighted by Crippen LogP contribution is 2.31. The second-order valence-corrected chi connectivity index (χ2v) is 6.38. The molecule has 0 aromatic heterocycles. The van der Waals surface area contributed by atoms with E-state index in [1.807, 2.05) is 6.92 Å². The average molecular weight is 311 g/mol. The summed E-state index contributed by atoms with van der Waals surface area (Å²) in [5.74, 6) is 0.858. The SMILES string of the molecule is CC1CCCN(c2ccc([C@H](C)N)cc2Br)CC1. The molecule has 1 aliphatic heterocycles. The molecular weight excluding hydrogens is 288 g/mol. The van der Waals surface area contributed by atoms with Crippen LogP contribution in [-0.4, -0.2) is 13.1 Å². The van der Waals surface area contributed by atoms with Gasteiger partial charge in [-0.3, -0.25) is 0 Å². The first-order valence-electron chi connectivity index (χ1n) is 6.88. The van der Waals surface area contributed by atoms with Crippen LogP contribution in [0.3, 0.4) is 0 Å². The van der Waals surface area contributed by atoms with E-state index in [1.54, 1.807) is 0 Å². The van der Waals surface area contributed by atoms with E-state index in [2.05, 4.69) is 46.0 Å². The third-order valence-corrected chi connectivity index (χ3v) is 4.49. The predicted molar refractivity (Wildman–Crippen MR) is 82.0 cm³/mol. The third-order valence-electron chi connectivity index (χ3n) is 3.85. The van der Waals surface area contributed by atoms with Crippen molar-refractivity contribution in [3.05, 3.63) is 28.2 Å². The van der Waals surface area contributed by atoms with Gasteiger partial charge in [0.15, 0.2) is 0 Å². The minimum atomic E-state index is 0.0968. The van der Waals surface area contributed by atoms with Crippen molar-refractivity contribution >= 4 is 21.6 Å². The molecule has 100 valence electrons. The Labute approximate surface area is 119 Å². The van der Waals surface area contributed by atoms with E-state index in [1.165, 1.54) is 41.5 Å². The molecule has 0 amide bonds. The number of hydrogen-bond acceptors (Lipinski definition) is 2. The minimum absolute atomic E-state index is 0.0968. The van der Waals surface area contributed by atoms with Gasteiger partial charge >= 0.3 is 0 Å². The molecule has 1 fully saturated rings. The lowest BCUT2D eigenvalue weighted by Crippen LogP contribution is -2.24. The van der Waals surface area contributed by atoms with E-state index in [0.717, 1.165) is 12.5 Å². The molecule has 18 heavy (non-hydrogen) atoms. The number of rotatable bonds is 2. The van der Waals surface area contributed by atoms with Crippen LogP contribution in [-0.2, 0) is 0 Å². The zero-order valence-electron chi connectivity index (χ0n) is 11.3. The van der Waals surface area contributed by atoms with Crippen molar-refractivity contribution in [2.45, 2.75) is 39.2 Å². The fourth-order valence-electron chi connectivity index (χ4n) is 2.57. The molecule has 0 bridgehead atoms. The van der Waals surface area contributed by atoms with Crippen molar-refractivity contribution in [1.82, 2.24) is 0 Å². The molecule has 2 atom stereocenters. The van der Waals surface area contributed by atoms with E-state index in [0.29, 0.717) is 0 Å². The molecule has 1 saturated heterocycles. The maximum Gasteiger partial charge on any atom is 0.0510 e. The monoisotopic (exact) mass is 310 g/mol. The number of nitrogens with two attached hydrogens (primary N) is 1. The van der Waals surface area contributed by atoms with Gasteiger partial charge in [0.25, 0.3) is 0 Å². The molecule has 0 radical (unpaired) electrons. The van der Waals surface area contributed by atoms with Gasteiger partial charge in [0.2, 0.25) is 0 Å². The van der Waals surface area contributed by atoms with Crippen LogP contribution >= 0.6 is 15.9 Å². The number of halogens is 1. The van der Waals surface area contributed by atoms with Gasteiger partial charge in [0.05, 0.1) is 5.69 Å². The highest BCUT2D eigenvalue weighted by molar-refractivity contribution is 9.10. The van der Waals surface area contributed by atoms with Crippen LogP contribution in [0.25, 0.3) is 0 Å². The van der Waals surface area contributed by atoms with E-state index in [9.17, 15) is 0 Å². The van der Waals surface area contributed by atoms with Crippen LogP contribution in [0, 0.1) is 5.92 Å². The molecule has 3 heteroatoms. The van der Waals surface area contributed by atoms with Crippen LogP contribution in [0.15, 0.2) is 22.7 Å². The molecule has 2 rings (SSSR count). The van der Waals surface area contributed by atoms with Gasteiger partial charge in [-0.25, -0.2) is 0 Å². The molecule has 1 aromatic rings. The van der Waals surface area contributed by atoms with Crippen LogP contribution in [0.5, 0.6) is 0 Å². The Kier molecular flexibility index (Phi) is 4.68. The Morgan fingerprint density at radius 1 is 1.33 bits per heavy atom. The van der Waals surface area contributed by atoms with Crippen LogP contribution in [0.4, 0.5) is 5.69 Å². The first-order valence-corrected chi connectivity index (χ1v) is 7.67. The molecule has 2 N–H and O–H groups in total. The lowest BCUT2D eigenvalue weighted by atomic mass is 10.0. The van der Waals surface area contributed by atoms with Crippen molar-refractivity contribution in [3.63, 3.8) is 0 Å². The Balaban J connectivity index is 2.17. The van der Waals surface area contributed by atoms with Gasteiger partial charge in [-0.05, 0) is 65.7 Å². The highest BCUT2D eigenvalue weighted by Gasteiger charge is 2.16. The molecule has 0 spiro atoms. The van der Waals surface area contributed by atoms with Crippen LogP contribution in [0.1, 0.15) is 44.7 Å². The zero-order valence-corrected chi connectivity index (χ0v) is 12.9. The Hall–Kier alpha value is -0.540. The molecule has 1 aliphatic rings. The first kappa shape index (κ1) is 13.9. The molecule has 1 aromatic carbocycles. The smallest absolute Gasteiger partial charge is 0.0510 e. The largest absolute Gasteiger partial charge is 0.371 e. The molecule has 1 unspecified atom stereocenters. The van der Waals surface area contributed by atoms with Gasteiger partial charge in [-0.1, -0.05) is 13.0 Å². The molecule has 0 aliphatic carbocycles. The van der Waals surface area contributed by atoms with Gasteiger partial charge in [-0.15, -0.1) is 0 Å². The Morgan fingerprint density at radius 3 is 2.78 bits per heavy atom. The second-order valence-electron chi connectivity index (χ2n) is 5.52. The fourth-order valence-corrected chi connectivity index (χ4v) is 3.21. The standard InChI is InChI=1S/C15H23BrN2/c1-11-4-3-8-18(9-7-11)15-6-5-13(12(2)17)10-14(15)16/h5-6,10-12H,3-4,7-9,17H2,1-2H3/t11?,12-/m0/s1. The normalized spacial score (nSPS) is 22.7. The van der Waals surface area contributed by atoms with E-state index in [-0.39, 0.29) is 6.04 Å². The van der Waals surface area contributed by atoms with E-state index >= 15 is 0 Å². The second kappa shape index (κ2) is 6.07. The van der Waals surface area contributed by atoms with Crippen molar-refractivity contribution in [2.75, 3.05) is 18.0 Å². The Morgan fingerprint density at radius 2 is 2.11 bits per heavy atom. The average Bonchev–Trinajstić information content (AvgIpc) is 2.54. The van der Waals surface area contributed by atoms with Gasteiger partial charge in [-0.2, -0.15) is 0 Å². The quantitative estimate of drug-likeness (QED) is 0.891. The number of nitrogens with zero attached hydrogens (tertiary/aromatic N) is 1. The Bertz CT molecular complexity index is 403. The van der Waals surface area contributed by atoms with Crippen LogP contribution in [0.2, 0.25) is 0 Å². The van der Waals surface area contributed by atoms with E-state index < -0.39 is 0 Å². The van der Waals surface area contributed by atoms with Gasteiger partial charge in [0, 0.05) is 23.6 Å². The molecule has 2 nitrogen and oxygen atoms in total. The predicted octanol–water partition coefficient (Wildman–Crippen LogP) is 4.10. The molecular formula is C15H23BrN2. The highest BCUT2D eigenvalue weighted by atomic mass is 79.9. The summed E-state index contributed by atoms with van der Waals surface area (Å²) in [4.78, 5) is 2.50. The molecule has 1 heterocycles. The zero-order chi connectivity index (χ0) is 13.1. The summed E-state index contributed by atoms with van der Waals surface area (Å²) >= 11 is 3.69. The third kappa shape index (κ3) is 3.27. The summed E-state index contributed by atoms with van der Waals surface area (Å²) in [5, 5.41) is 0. The minimum Gasteiger partial charge on any atom is -0.371 e. The van der Waals surface area contributed by atoms with Crippen molar-refractivity contribution in [2.24, 2.45) is 11.7 Å². The lowest BCUT2D eigenvalue weighted by molar-refractivity contribution is 0.521. The first-order chi connectivity index (χ1) is 8.58. The number of anilines is 1. The summed E-state index contributed by atoms with van der Waals surface area (Å²) in [5.41, 5.74) is 8.42. The summed E-state index contributed by atoms with van der Waals surface area (Å²) in [6.45, 7) is 6.71. The van der Waals surface area contributed by atoms with Crippen molar-refractivity contribution in [3.8, 4) is 0 Å². The topological polar surface area (TPSA) is 29.3 Å².